The molecule has 8 aliphatic rings. The van der Waals surface area contributed by atoms with Gasteiger partial charge in [0.15, 0.2) is 0 Å². The lowest BCUT2D eigenvalue weighted by Gasteiger charge is -2.65. The minimum atomic E-state index is 0.596. The van der Waals surface area contributed by atoms with E-state index >= 15 is 0 Å². The zero-order valence-electron chi connectivity index (χ0n) is 29.8. The Morgan fingerprint density at radius 3 is 1.24 bits per heavy atom. The minimum absolute atomic E-state index is 0.596. The van der Waals surface area contributed by atoms with Crippen molar-refractivity contribution in [2.45, 2.75) is 153 Å². The largest absolute Gasteiger partial charge is 0.387 e. The Kier molecular flexibility index (Phi) is 11.4. The first-order valence-corrected chi connectivity index (χ1v) is 23.4. The van der Waals surface area contributed by atoms with Gasteiger partial charge >= 0.3 is 0 Å². The summed E-state index contributed by atoms with van der Waals surface area (Å²) in [5.74, 6) is 7.74. The van der Waals surface area contributed by atoms with Crippen molar-refractivity contribution in [3.8, 4) is 0 Å². The number of unbranched alkanes of at least 4 members (excludes halogenated alkanes) is 4. The summed E-state index contributed by atoms with van der Waals surface area (Å²) in [6, 6.07) is 0. The van der Waals surface area contributed by atoms with Crippen LogP contribution in [-0.4, -0.2) is 57.3 Å². The van der Waals surface area contributed by atoms with Crippen LogP contribution in [0.5, 0.6) is 0 Å². The number of thioether (sulfide) groups is 2. The molecule has 8 fully saturated rings. The average molecular weight is 707 g/mol. The third kappa shape index (κ3) is 9.16. The van der Waals surface area contributed by atoms with Crippen LogP contribution in [0.15, 0.2) is 9.98 Å². The number of amidine groups is 2. The number of nitrogens with two attached hydrogens (primary N) is 2. The second-order valence-corrected chi connectivity index (χ2v) is 24.3. The molecule has 4 nitrogen and oxygen atoms in total. The molecule has 8 aliphatic carbocycles. The van der Waals surface area contributed by atoms with Gasteiger partial charge in [-0.2, -0.15) is 23.5 Å². The van der Waals surface area contributed by atoms with Gasteiger partial charge in [0.05, 0.1) is 11.5 Å². The Bertz CT molecular complexity index is 1000. The van der Waals surface area contributed by atoms with Crippen LogP contribution in [0, 0.1) is 33.5 Å². The van der Waals surface area contributed by atoms with Gasteiger partial charge < -0.3 is 11.5 Å². The lowest BCUT2D eigenvalue weighted by atomic mass is 9.45. The van der Waals surface area contributed by atoms with E-state index in [-0.39, 0.29) is 0 Å². The summed E-state index contributed by atoms with van der Waals surface area (Å²) in [6.45, 7) is 12.1. The molecule has 0 aromatic heterocycles. The Morgan fingerprint density at radius 2 is 0.891 bits per heavy atom. The maximum Gasteiger partial charge on any atom is 0.105 e. The molecule has 0 spiro atoms. The highest BCUT2D eigenvalue weighted by molar-refractivity contribution is 8.77. The van der Waals surface area contributed by atoms with Crippen LogP contribution in [0.25, 0.3) is 0 Å². The van der Waals surface area contributed by atoms with E-state index in [9.17, 15) is 0 Å². The van der Waals surface area contributed by atoms with Crippen LogP contribution in [0.2, 0.25) is 0 Å². The highest BCUT2D eigenvalue weighted by atomic mass is 33.1. The molecule has 0 radical (unpaired) electrons. The molecule has 0 saturated heterocycles. The van der Waals surface area contributed by atoms with Gasteiger partial charge in [-0.1, -0.05) is 62.1 Å². The number of nitrogens with zero attached hydrogens (tertiary/aromatic N) is 2. The summed E-state index contributed by atoms with van der Waals surface area (Å²) in [6.07, 6.45) is 25.4. The Morgan fingerprint density at radius 1 is 0.522 bits per heavy atom. The fraction of sp³-hybridized carbons (Fsp3) is 0.947. The molecule has 4 atom stereocenters. The Hall–Kier alpha value is 0.340. The average Bonchev–Trinajstić information content (AvgIpc) is 2.90. The molecule has 8 bridgehead atoms. The highest BCUT2D eigenvalue weighted by Gasteiger charge is 2.61. The summed E-state index contributed by atoms with van der Waals surface area (Å²) in [7, 11) is 3.51. The lowest BCUT2D eigenvalue weighted by molar-refractivity contribution is -0.0780. The van der Waals surface area contributed by atoms with Gasteiger partial charge in [-0.3, -0.25) is 9.98 Å². The SMILES string of the molecule is CC12CC3CC(C)(C1)CC(SCCCCCN=C(N)CSSCC(N)=NCCCCCSC14CC5CC(C)(CC(C)(C5)C1)C4)(C3)C2. The molecule has 46 heavy (non-hydrogen) atoms. The van der Waals surface area contributed by atoms with Crippen LogP contribution in [0.1, 0.15) is 143 Å². The van der Waals surface area contributed by atoms with Crippen LogP contribution >= 0.6 is 45.1 Å². The number of hydrogen-bond acceptors (Lipinski definition) is 6. The molecule has 0 amide bonds. The maximum atomic E-state index is 6.21. The molecule has 0 aliphatic heterocycles. The molecular formula is C38H66N4S4. The van der Waals surface area contributed by atoms with Crippen LogP contribution in [0.3, 0.4) is 0 Å². The van der Waals surface area contributed by atoms with E-state index < -0.39 is 0 Å². The molecule has 4 N–H and O–H groups in total. The van der Waals surface area contributed by atoms with E-state index in [1.54, 1.807) is 21.6 Å². The Labute approximate surface area is 299 Å². The van der Waals surface area contributed by atoms with Crippen molar-refractivity contribution >= 4 is 56.8 Å². The fourth-order valence-corrected chi connectivity index (χ4v) is 19.0. The van der Waals surface area contributed by atoms with E-state index in [4.69, 9.17) is 11.5 Å². The normalized spacial score (nSPS) is 42.8. The van der Waals surface area contributed by atoms with Crippen LogP contribution in [-0.2, 0) is 0 Å². The van der Waals surface area contributed by atoms with Gasteiger partial charge in [0, 0.05) is 22.6 Å². The summed E-state index contributed by atoms with van der Waals surface area (Å²) in [5, 5.41) is 0. The Balaban J connectivity index is 0.752. The zero-order chi connectivity index (χ0) is 32.5. The summed E-state index contributed by atoms with van der Waals surface area (Å²) >= 11 is 4.68. The quantitative estimate of drug-likeness (QED) is 0.0603. The first-order chi connectivity index (χ1) is 21.8. The lowest BCUT2D eigenvalue weighted by Crippen LogP contribution is -2.57. The van der Waals surface area contributed by atoms with Gasteiger partial charge in [0.1, 0.15) is 11.7 Å². The van der Waals surface area contributed by atoms with E-state index in [0.29, 0.717) is 31.2 Å². The van der Waals surface area contributed by atoms with Crippen molar-refractivity contribution in [2.24, 2.45) is 54.9 Å². The summed E-state index contributed by atoms with van der Waals surface area (Å²) in [4.78, 5) is 9.29. The van der Waals surface area contributed by atoms with Crippen LogP contribution < -0.4 is 11.5 Å². The predicted octanol–water partition coefficient (Wildman–Crippen LogP) is 10.4. The molecule has 8 rings (SSSR count). The number of hydrogen-bond donors (Lipinski definition) is 2. The van der Waals surface area contributed by atoms with E-state index in [1.165, 1.54) is 114 Å². The molecular weight excluding hydrogens is 641 g/mol. The second-order valence-electron chi connectivity index (χ2n) is 18.7. The molecule has 4 unspecified atom stereocenters. The van der Waals surface area contributed by atoms with Gasteiger partial charge in [0.2, 0.25) is 0 Å². The minimum Gasteiger partial charge on any atom is -0.387 e. The van der Waals surface area contributed by atoms with Crippen molar-refractivity contribution in [3.63, 3.8) is 0 Å². The summed E-state index contributed by atoms with van der Waals surface area (Å²) in [5.41, 5.74) is 14.9. The van der Waals surface area contributed by atoms with Crippen molar-refractivity contribution in [1.29, 1.82) is 0 Å². The van der Waals surface area contributed by atoms with Crippen molar-refractivity contribution in [2.75, 3.05) is 36.1 Å². The maximum absolute atomic E-state index is 6.21. The van der Waals surface area contributed by atoms with Gasteiger partial charge in [-0.05, 0) is 148 Å². The van der Waals surface area contributed by atoms with Crippen LogP contribution in [0.4, 0.5) is 0 Å². The molecule has 262 valence electrons. The van der Waals surface area contributed by atoms with Gasteiger partial charge in [-0.15, -0.1) is 0 Å². The summed E-state index contributed by atoms with van der Waals surface area (Å²) < 4.78 is 1.19. The van der Waals surface area contributed by atoms with E-state index in [1.807, 2.05) is 0 Å². The zero-order valence-corrected chi connectivity index (χ0v) is 33.1. The molecule has 0 aromatic rings. The van der Waals surface area contributed by atoms with Crippen molar-refractivity contribution < 1.29 is 0 Å². The fourth-order valence-electron chi connectivity index (χ4n) is 13.1. The topological polar surface area (TPSA) is 76.8 Å². The van der Waals surface area contributed by atoms with Gasteiger partial charge in [0.25, 0.3) is 0 Å². The standard InChI is InChI=1S/C38H66N4S4/c1-33-15-29-16-34(2,23-33)26-37(19-29,25-33)43-13-9-5-7-11-41-31(39)21-45-46-22-32(40)42-12-8-6-10-14-44-38-20-30-17-35(3,27-38)24-36(4,18-30)28-38/h29-30H,5-28H2,1-4H3,(H2,39,41)(H2,40,42). The molecule has 8 heteroatoms. The molecule has 8 saturated carbocycles. The first kappa shape index (κ1) is 36.1. The van der Waals surface area contributed by atoms with Gasteiger partial charge in [-0.25, -0.2) is 0 Å². The van der Waals surface area contributed by atoms with E-state index in [0.717, 1.165) is 60.9 Å². The highest BCUT2D eigenvalue weighted by Crippen LogP contribution is 2.71. The first-order valence-electron chi connectivity index (χ1n) is 18.9. The second kappa shape index (κ2) is 14.5. The third-order valence-electron chi connectivity index (χ3n) is 12.7. The van der Waals surface area contributed by atoms with E-state index in [2.05, 4.69) is 61.2 Å². The molecule has 0 aromatic carbocycles. The predicted molar refractivity (Wildman–Crippen MR) is 211 cm³/mol. The third-order valence-corrected chi connectivity index (χ3v) is 18.0. The number of rotatable bonds is 19. The van der Waals surface area contributed by atoms with Crippen molar-refractivity contribution in [3.05, 3.63) is 0 Å². The smallest absolute Gasteiger partial charge is 0.105 e. The number of aliphatic imine (C=N–C) groups is 2. The monoisotopic (exact) mass is 706 g/mol. The van der Waals surface area contributed by atoms with Crippen molar-refractivity contribution in [1.82, 2.24) is 0 Å². The molecule has 0 heterocycles.